The van der Waals surface area contributed by atoms with Gasteiger partial charge in [0, 0.05) is 20.2 Å². The van der Waals surface area contributed by atoms with E-state index in [9.17, 15) is 0 Å². The number of aromatic nitrogens is 2. The summed E-state index contributed by atoms with van der Waals surface area (Å²) in [5.41, 5.74) is 7.92. The predicted octanol–water partition coefficient (Wildman–Crippen LogP) is 10.00. The van der Waals surface area contributed by atoms with E-state index in [0.29, 0.717) is 6.61 Å². The number of fused-ring (bicyclic) bond motifs is 8. The molecule has 0 unspecified atom stereocenters. The number of nitrogens with zero attached hydrogens (tertiary/aromatic N) is 2. The van der Waals surface area contributed by atoms with Gasteiger partial charge in [0.1, 0.15) is 12.4 Å². The Kier molecular flexibility index (Phi) is 7.44. The van der Waals surface area contributed by atoms with Gasteiger partial charge in [-0.3, -0.25) is 4.57 Å². The lowest BCUT2D eigenvalue weighted by molar-refractivity contribution is 0.281. The molecule has 3 nitrogen and oxygen atoms in total. The maximum atomic E-state index is 6.38. The van der Waals surface area contributed by atoms with Crippen LogP contribution in [0.5, 0.6) is 5.75 Å². The van der Waals surface area contributed by atoms with Gasteiger partial charge >= 0.3 is 0 Å². The number of para-hydroxylation sites is 2. The van der Waals surface area contributed by atoms with Crippen molar-refractivity contribution in [2.45, 2.75) is 6.61 Å². The van der Waals surface area contributed by atoms with E-state index in [1.807, 2.05) is 17.4 Å². The topological polar surface area (TPSA) is 27.1 Å². The molecule has 260 valence electrons. The van der Waals surface area contributed by atoms with Crippen molar-refractivity contribution in [1.29, 1.82) is 0 Å². The summed E-state index contributed by atoms with van der Waals surface area (Å²) in [6.45, 7) is 0.439. The van der Waals surface area contributed by atoms with Gasteiger partial charge in [-0.25, -0.2) is 4.98 Å². The molecule has 1 aliphatic rings. The second kappa shape index (κ2) is 12.8. The zero-order chi connectivity index (χ0) is 36.3. The molecule has 0 spiro atoms. The Morgan fingerprint density at radius 1 is 0.509 bits per heavy atom. The van der Waals surface area contributed by atoms with E-state index in [4.69, 9.17) is 9.72 Å². The molecule has 0 radical (unpaired) electrons. The largest absolute Gasteiger partial charge is 0.483 e. The summed E-state index contributed by atoms with van der Waals surface area (Å²) in [7, 11) is -2.87. The van der Waals surface area contributed by atoms with Crippen molar-refractivity contribution < 1.29 is 4.74 Å². The number of benzene rings is 8. The molecule has 55 heavy (non-hydrogen) atoms. The lowest BCUT2D eigenvalue weighted by Gasteiger charge is -2.35. The van der Waals surface area contributed by atoms with Crippen molar-refractivity contribution in [1.82, 2.24) is 9.55 Å². The minimum Gasteiger partial charge on any atom is -0.483 e. The maximum Gasteiger partial charge on any atom is 0.179 e. The van der Waals surface area contributed by atoms with Crippen molar-refractivity contribution in [3.05, 3.63) is 200 Å². The van der Waals surface area contributed by atoms with Gasteiger partial charge in [-0.2, -0.15) is 0 Å². The fourth-order valence-corrected chi connectivity index (χ4v) is 14.8. The summed E-state index contributed by atoms with van der Waals surface area (Å²) in [6, 6.07) is 71.6. The van der Waals surface area contributed by atoms with Crippen LogP contribution in [0.3, 0.4) is 0 Å². The summed E-state index contributed by atoms with van der Waals surface area (Å²) in [5.74, 6) is 1.80. The molecule has 2 aromatic heterocycles. The van der Waals surface area contributed by atoms with Gasteiger partial charge in [-0.1, -0.05) is 158 Å². The molecule has 0 amide bonds. The van der Waals surface area contributed by atoms with E-state index in [2.05, 4.69) is 193 Å². The molecular weight excluding hydrogens is 705 g/mol. The third kappa shape index (κ3) is 5.04. The summed E-state index contributed by atoms with van der Waals surface area (Å²) in [6.07, 6.45) is 0. The van der Waals surface area contributed by atoms with Gasteiger partial charge in [-0.05, 0) is 79.4 Å². The van der Waals surface area contributed by atoms with Crippen LogP contribution < -0.4 is 25.5 Å². The Hall–Kier alpha value is -6.53. The van der Waals surface area contributed by atoms with E-state index in [0.717, 1.165) is 33.9 Å². The zero-order valence-corrected chi connectivity index (χ0v) is 31.7. The summed E-state index contributed by atoms with van der Waals surface area (Å²) < 4.78 is 11.3. The van der Waals surface area contributed by atoms with Gasteiger partial charge in [0.25, 0.3) is 0 Å². The van der Waals surface area contributed by atoms with Crippen molar-refractivity contribution in [2.24, 2.45) is 0 Å². The number of hydrogen-bond donors (Lipinski definition) is 0. The number of ether oxygens (including phenoxy) is 1. The molecule has 0 saturated heterocycles. The molecular formula is C50H34N2OSSi. The van der Waals surface area contributed by atoms with E-state index in [-0.39, 0.29) is 0 Å². The van der Waals surface area contributed by atoms with E-state index in [1.54, 1.807) is 0 Å². The minimum atomic E-state index is -2.87. The molecule has 0 aliphatic carbocycles. The first kappa shape index (κ1) is 31.9. The number of imidazole rings is 1. The highest BCUT2D eigenvalue weighted by Crippen LogP contribution is 2.40. The molecule has 8 aromatic carbocycles. The Labute approximate surface area is 324 Å². The van der Waals surface area contributed by atoms with Crippen LogP contribution in [-0.2, 0) is 6.61 Å². The van der Waals surface area contributed by atoms with Crippen LogP contribution in [0.1, 0.15) is 5.82 Å². The van der Waals surface area contributed by atoms with Crippen molar-refractivity contribution in [3.63, 3.8) is 0 Å². The molecule has 3 heterocycles. The monoisotopic (exact) mass is 738 g/mol. The van der Waals surface area contributed by atoms with Gasteiger partial charge in [-0.15, -0.1) is 11.3 Å². The van der Waals surface area contributed by atoms with Gasteiger partial charge in [0.15, 0.2) is 13.9 Å². The standard InChI is InChI=1S/C50H34N2OSSi/c1-3-16-37(17-4-1)55(38-18-5-2-6-19-38,40-21-12-15-36(31-40)41-23-13-27-48-50(41)42-22-7-10-26-47(42)54-48)39-20-11-14-34(30-39)35-28-29-45-46(32-35)53-33-49-51-43-24-8-9-25-44(43)52(45)49/h1-32H,33H2. The molecule has 5 heteroatoms. The van der Waals surface area contributed by atoms with Crippen LogP contribution in [0.4, 0.5) is 0 Å². The molecule has 1 aliphatic heterocycles. The Bertz CT molecular complexity index is 3020. The Balaban J connectivity index is 1.11. The van der Waals surface area contributed by atoms with Crippen molar-refractivity contribution >= 4 is 71.4 Å². The van der Waals surface area contributed by atoms with Crippen LogP contribution in [0, 0.1) is 0 Å². The second-order valence-electron chi connectivity index (χ2n) is 14.2. The molecule has 0 saturated carbocycles. The van der Waals surface area contributed by atoms with Gasteiger partial charge < -0.3 is 4.74 Å². The quantitative estimate of drug-likeness (QED) is 0.126. The van der Waals surface area contributed by atoms with E-state index < -0.39 is 8.07 Å². The molecule has 0 atom stereocenters. The Morgan fingerprint density at radius 2 is 1.13 bits per heavy atom. The number of thiophene rings is 1. The van der Waals surface area contributed by atoms with Gasteiger partial charge in [0.05, 0.1) is 16.7 Å². The van der Waals surface area contributed by atoms with Crippen LogP contribution in [0.15, 0.2) is 194 Å². The number of hydrogen-bond acceptors (Lipinski definition) is 3. The first-order chi connectivity index (χ1) is 27.3. The molecule has 11 rings (SSSR count). The number of rotatable bonds is 6. The smallest absolute Gasteiger partial charge is 0.179 e. The lowest BCUT2D eigenvalue weighted by atomic mass is 10.00. The highest BCUT2D eigenvalue weighted by Gasteiger charge is 2.41. The lowest BCUT2D eigenvalue weighted by Crippen LogP contribution is -2.74. The molecule has 10 aromatic rings. The Morgan fingerprint density at radius 3 is 1.93 bits per heavy atom. The van der Waals surface area contributed by atoms with E-state index >= 15 is 0 Å². The van der Waals surface area contributed by atoms with Crippen molar-refractivity contribution in [3.8, 4) is 33.7 Å². The maximum absolute atomic E-state index is 6.38. The SMILES string of the molecule is c1ccc([Si](c2ccccc2)(c2cccc(-c3ccc4c(c3)OCc3nc5ccccc5n3-4)c2)c2cccc(-c3cccc4sc5ccccc5c34)c2)cc1. The fourth-order valence-electron chi connectivity index (χ4n) is 8.82. The van der Waals surface area contributed by atoms with Crippen LogP contribution in [-0.4, -0.2) is 17.6 Å². The van der Waals surface area contributed by atoms with Crippen LogP contribution >= 0.6 is 11.3 Å². The second-order valence-corrected chi connectivity index (χ2v) is 19.1. The third-order valence-electron chi connectivity index (χ3n) is 11.2. The minimum absolute atomic E-state index is 0.439. The fraction of sp³-hybridized carbons (Fsp3) is 0.0200. The molecule has 0 bridgehead atoms. The zero-order valence-electron chi connectivity index (χ0n) is 29.9. The average Bonchev–Trinajstić information content (AvgIpc) is 3.84. The average molecular weight is 739 g/mol. The highest BCUT2D eigenvalue weighted by atomic mass is 32.1. The van der Waals surface area contributed by atoms with Crippen LogP contribution in [0.25, 0.3) is 59.1 Å². The van der Waals surface area contributed by atoms with Crippen LogP contribution in [0.2, 0.25) is 0 Å². The van der Waals surface area contributed by atoms with Gasteiger partial charge in [0.2, 0.25) is 0 Å². The third-order valence-corrected chi connectivity index (χ3v) is 17.1. The summed E-state index contributed by atoms with van der Waals surface area (Å²) >= 11 is 1.87. The molecule has 0 fully saturated rings. The normalized spacial score (nSPS) is 12.4. The van der Waals surface area contributed by atoms with Crippen molar-refractivity contribution in [2.75, 3.05) is 0 Å². The summed E-state index contributed by atoms with van der Waals surface area (Å²) in [4.78, 5) is 4.85. The first-order valence-corrected chi connectivity index (χ1v) is 21.5. The summed E-state index contributed by atoms with van der Waals surface area (Å²) in [5, 5.41) is 8.03. The first-order valence-electron chi connectivity index (χ1n) is 18.7. The predicted molar refractivity (Wildman–Crippen MR) is 233 cm³/mol. The highest BCUT2D eigenvalue weighted by molar-refractivity contribution is 7.26. The van der Waals surface area contributed by atoms with E-state index in [1.165, 1.54) is 57.6 Å². The molecule has 0 N–H and O–H groups in total.